The van der Waals surface area contributed by atoms with Crippen LogP contribution >= 0.6 is 39.1 Å². The van der Waals surface area contributed by atoms with Gasteiger partial charge in [0.1, 0.15) is 23.3 Å². The Morgan fingerprint density at radius 3 is 2.31 bits per heavy atom. The summed E-state index contributed by atoms with van der Waals surface area (Å²) in [7, 11) is 1.56. The molecule has 3 rings (SSSR count). The van der Waals surface area contributed by atoms with Crippen LogP contribution in [0.4, 0.5) is 0 Å². The summed E-state index contributed by atoms with van der Waals surface area (Å²) in [5.41, 5.74) is 2.33. The zero-order valence-corrected chi connectivity index (χ0v) is 18.7. The SMILES string of the molecule is CO[C@H](c1ccc(OCc2ccccc2)cc1)[C@H](Br)C(=O)c1ccc(Cl)cc1Cl. The van der Waals surface area contributed by atoms with Crippen LogP contribution in [0.5, 0.6) is 5.75 Å². The molecule has 3 aromatic rings. The molecule has 0 bridgehead atoms. The Morgan fingerprint density at radius 2 is 1.69 bits per heavy atom. The van der Waals surface area contributed by atoms with Gasteiger partial charge in [-0.15, -0.1) is 0 Å². The van der Waals surface area contributed by atoms with Crippen LogP contribution in [0.3, 0.4) is 0 Å². The Morgan fingerprint density at radius 1 is 1.00 bits per heavy atom. The molecule has 0 aromatic heterocycles. The number of Topliss-reactive ketones (excluding diaryl/α,β-unsaturated/α-hetero) is 1. The van der Waals surface area contributed by atoms with Crippen LogP contribution in [0, 0.1) is 0 Å². The van der Waals surface area contributed by atoms with Gasteiger partial charge in [0.25, 0.3) is 0 Å². The fourth-order valence-electron chi connectivity index (χ4n) is 2.89. The Balaban J connectivity index is 1.70. The third-order valence-electron chi connectivity index (χ3n) is 4.42. The molecular weight excluding hydrogens is 475 g/mol. The average molecular weight is 494 g/mol. The second-order valence-corrected chi connectivity index (χ2v) is 8.22. The maximum atomic E-state index is 12.9. The zero-order valence-electron chi connectivity index (χ0n) is 15.6. The van der Waals surface area contributed by atoms with E-state index in [9.17, 15) is 4.79 Å². The minimum atomic E-state index is -0.609. The van der Waals surface area contributed by atoms with Crippen LogP contribution in [-0.2, 0) is 11.3 Å². The second kappa shape index (κ2) is 10.3. The predicted octanol–water partition coefficient (Wildman–Crippen LogP) is 6.91. The molecule has 3 aromatic carbocycles. The molecule has 0 saturated carbocycles. The predicted molar refractivity (Wildman–Crippen MR) is 120 cm³/mol. The van der Waals surface area contributed by atoms with Crippen molar-refractivity contribution in [3.63, 3.8) is 0 Å². The molecule has 0 unspecified atom stereocenters. The van der Waals surface area contributed by atoms with Gasteiger partial charge in [0.2, 0.25) is 0 Å². The van der Waals surface area contributed by atoms with E-state index in [0.29, 0.717) is 22.2 Å². The van der Waals surface area contributed by atoms with Crippen molar-refractivity contribution in [3.8, 4) is 5.75 Å². The van der Waals surface area contributed by atoms with Crippen LogP contribution in [0.1, 0.15) is 27.6 Å². The Bertz CT molecular complexity index is 962. The summed E-state index contributed by atoms with van der Waals surface area (Å²) in [5, 5.41) is 0.790. The highest BCUT2D eigenvalue weighted by atomic mass is 79.9. The molecule has 0 radical (unpaired) electrons. The van der Waals surface area contributed by atoms with E-state index in [1.54, 1.807) is 25.3 Å². The first-order valence-electron chi connectivity index (χ1n) is 8.92. The highest BCUT2D eigenvalue weighted by Gasteiger charge is 2.29. The van der Waals surface area contributed by atoms with Crippen LogP contribution in [0.25, 0.3) is 0 Å². The molecule has 0 saturated heterocycles. The van der Waals surface area contributed by atoms with Crippen molar-refractivity contribution >= 4 is 44.9 Å². The maximum absolute atomic E-state index is 12.9. The molecule has 6 heteroatoms. The molecule has 0 aliphatic carbocycles. The summed E-state index contributed by atoms with van der Waals surface area (Å²) < 4.78 is 11.4. The zero-order chi connectivity index (χ0) is 20.8. The van der Waals surface area contributed by atoms with Crippen molar-refractivity contribution in [2.75, 3.05) is 7.11 Å². The molecule has 0 aliphatic rings. The third kappa shape index (κ3) is 5.61. The number of halogens is 3. The van der Waals surface area contributed by atoms with Crippen molar-refractivity contribution in [2.45, 2.75) is 17.5 Å². The van der Waals surface area contributed by atoms with E-state index in [2.05, 4.69) is 15.9 Å². The number of hydrogen-bond donors (Lipinski definition) is 0. The first-order chi connectivity index (χ1) is 14.0. The fraction of sp³-hybridized carbons (Fsp3) is 0.174. The number of benzene rings is 3. The number of methoxy groups -OCH3 is 1. The molecule has 150 valence electrons. The van der Waals surface area contributed by atoms with E-state index >= 15 is 0 Å². The van der Waals surface area contributed by atoms with Gasteiger partial charge in [-0.2, -0.15) is 0 Å². The lowest BCUT2D eigenvalue weighted by atomic mass is 9.99. The van der Waals surface area contributed by atoms with Crippen LogP contribution < -0.4 is 4.74 Å². The van der Waals surface area contributed by atoms with E-state index in [0.717, 1.165) is 16.9 Å². The summed E-state index contributed by atoms with van der Waals surface area (Å²) in [6.45, 7) is 0.489. The van der Waals surface area contributed by atoms with Gasteiger partial charge in [-0.1, -0.05) is 81.6 Å². The van der Waals surface area contributed by atoms with Crippen molar-refractivity contribution < 1.29 is 14.3 Å². The summed E-state index contributed by atoms with van der Waals surface area (Å²) in [6, 6.07) is 22.3. The van der Waals surface area contributed by atoms with Crippen LogP contribution in [0.15, 0.2) is 72.8 Å². The van der Waals surface area contributed by atoms with Gasteiger partial charge in [0, 0.05) is 17.7 Å². The largest absolute Gasteiger partial charge is 0.489 e. The number of alkyl halides is 1. The number of hydrogen-bond acceptors (Lipinski definition) is 3. The minimum Gasteiger partial charge on any atom is -0.489 e. The van der Waals surface area contributed by atoms with E-state index < -0.39 is 10.9 Å². The summed E-state index contributed by atoms with van der Waals surface area (Å²) in [5.74, 6) is 0.563. The van der Waals surface area contributed by atoms with Gasteiger partial charge in [0.05, 0.1) is 5.02 Å². The molecular formula is C23H19BrCl2O3. The van der Waals surface area contributed by atoms with E-state index in [1.165, 1.54) is 0 Å². The topological polar surface area (TPSA) is 35.5 Å². The van der Waals surface area contributed by atoms with Crippen LogP contribution in [-0.4, -0.2) is 17.7 Å². The lowest BCUT2D eigenvalue weighted by molar-refractivity contribution is 0.0770. The number of rotatable bonds is 8. The van der Waals surface area contributed by atoms with E-state index in [4.69, 9.17) is 32.7 Å². The lowest BCUT2D eigenvalue weighted by Gasteiger charge is -2.21. The van der Waals surface area contributed by atoms with Gasteiger partial charge in [-0.3, -0.25) is 4.79 Å². The first-order valence-corrected chi connectivity index (χ1v) is 10.6. The lowest BCUT2D eigenvalue weighted by Crippen LogP contribution is -2.24. The smallest absolute Gasteiger partial charge is 0.180 e. The molecule has 0 fully saturated rings. The normalized spacial score (nSPS) is 13.0. The van der Waals surface area contributed by atoms with Gasteiger partial charge in [-0.25, -0.2) is 0 Å². The Kier molecular flexibility index (Phi) is 7.73. The Labute approximate surface area is 188 Å². The van der Waals surface area contributed by atoms with Crippen molar-refractivity contribution in [1.82, 2.24) is 0 Å². The Hall–Kier alpha value is -1.85. The molecule has 0 N–H and O–H groups in total. The van der Waals surface area contributed by atoms with Gasteiger partial charge in [-0.05, 0) is 41.5 Å². The second-order valence-electron chi connectivity index (χ2n) is 6.39. The average Bonchev–Trinajstić information content (AvgIpc) is 2.74. The minimum absolute atomic E-state index is 0.178. The fourth-order valence-corrected chi connectivity index (χ4v) is 4.16. The molecule has 2 atom stereocenters. The van der Waals surface area contributed by atoms with E-state index in [1.807, 2.05) is 54.6 Å². The monoisotopic (exact) mass is 492 g/mol. The molecule has 0 amide bonds. The third-order valence-corrected chi connectivity index (χ3v) is 5.87. The molecule has 0 heterocycles. The van der Waals surface area contributed by atoms with Crippen molar-refractivity contribution in [3.05, 3.63) is 99.5 Å². The number of carbonyl (C=O) groups is 1. The highest BCUT2D eigenvalue weighted by molar-refractivity contribution is 9.10. The van der Waals surface area contributed by atoms with Gasteiger partial charge in [0.15, 0.2) is 5.78 Å². The first kappa shape index (κ1) is 21.8. The highest BCUT2D eigenvalue weighted by Crippen LogP contribution is 2.32. The van der Waals surface area contributed by atoms with E-state index in [-0.39, 0.29) is 5.78 Å². The van der Waals surface area contributed by atoms with Crippen molar-refractivity contribution in [1.29, 1.82) is 0 Å². The molecule has 3 nitrogen and oxygen atoms in total. The van der Waals surface area contributed by atoms with Crippen LogP contribution in [0.2, 0.25) is 10.0 Å². The quantitative estimate of drug-likeness (QED) is 0.252. The van der Waals surface area contributed by atoms with Gasteiger partial charge >= 0.3 is 0 Å². The summed E-state index contributed by atoms with van der Waals surface area (Å²) >= 11 is 15.6. The van der Waals surface area contributed by atoms with Crippen molar-refractivity contribution in [2.24, 2.45) is 0 Å². The molecule has 29 heavy (non-hydrogen) atoms. The number of ether oxygens (including phenoxy) is 2. The molecule has 0 spiro atoms. The maximum Gasteiger partial charge on any atom is 0.180 e. The standard InChI is InChI=1S/C23H19BrCl2O3/c1-28-23(21(24)22(27)19-12-9-17(25)13-20(19)26)16-7-10-18(11-8-16)29-14-15-5-3-2-4-6-15/h2-13,21,23H,14H2,1H3/t21-,23-/m1/s1. The molecule has 0 aliphatic heterocycles. The number of carbonyl (C=O) groups excluding carboxylic acids is 1. The van der Waals surface area contributed by atoms with Gasteiger partial charge < -0.3 is 9.47 Å². The summed E-state index contributed by atoms with van der Waals surface area (Å²) in [4.78, 5) is 12.3. The summed E-state index contributed by atoms with van der Waals surface area (Å²) in [6.07, 6.45) is -0.489. The number of ketones is 1.